The van der Waals surface area contributed by atoms with Gasteiger partial charge in [-0.2, -0.15) is 10.1 Å². The Labute approximate surface area is 149 Å². The highest BCUT2D eigenvalue weighted by Gasteiger charge is 2.43. The average Bonchev–Trinajstić information content (AvgIpc) is 3.15. The molecule has 2 saturated heterocycles. The molecule has 2 aliphatic heterocycles. The van der Waals surface area contributed by atoms with Crippen LogP contribution in [0.1, 0.15) is 5.82 Å². The summed E-state index contributed by atoms with van der Waals surface area (Å²) in [6.45, 7) is 1.92. The van der Waals surface area contributed by atoms with E-state index in [0.717, 1.165) is 6.54 Å². The average molecular weight is 380 g/mol. The number of hydrogen-bond donors (Lipinski definition) is 4. The molecule has 2 aromatic heterocycles. The number of H-pyrrole nitrogens is 2. The van der Waals surface area contributed by atoms with Crippen molar-refractivity contribution in [1.82, 2.24) is 30.5 Å². The molecule has 0 aromatic carbocycles. The van der Waals surface area contributed by atoms with Gasteiger partial charge in [0.2, 0.25) is 5.95 Å². The van der Waals surface area contributed by atoms with Crippen molar-refractivity contribution in [3.8, 4) is 0 Å². The van der Waals surface area contributed by atoms with Gasteiger partial charge in [0, 0.05) is 38.3 Å². The molecule has 11 nitrogen and oxygen atoms in total. The monoisotopic (exact) mass is 380 g/mol. The van der Waals surface area contributed by atoms with Crippen LogP contribution in [-0.2, 0) is 16.3 Å². The van der Waals surface area contributed by atoms with E-state index in [1.54, 1.807) is 12.3 Å². The molecule has 140 valence electrons. The largest absolute Gasteiger partial charge is 0.354 e. The Balaban J connectivity index is 1.44. The van der Waals surface area contributed by atoms with Crippen LogP contribution in [0.15, 0.2) is 17.1 Å². The number of anilines is 2. The summed E-state index contributed by atoms with van der Waals surface area (Å²) in [5.41, 5.74) is -0.335. The number of hydrogen-bond acceptors (Lipinski definition) is 9. The van der Waals surface area contributed by atoms with E-state index in [9.17, 15) is 13.2 Å². The number of fused-ring (bicyclic) bond motifs is 1. The van der Waals surface area contributed by atoms with Crippen molar-refractivity contribution in [3.63, 3.8) is 0 Å². The standard InChI is InChI=1S/C14H20N8O3S/c23-14-18-11(20-21-14)1-3-16-13-17-4-2-12(19-13)22-6-5-15-9-7-26(24,25)8-10(9)22/h2,4,9-10,15H,1,3,5-8H2,(H,16,17,19)(H2,18,20,21,23)/t9-,10+/m1/s1. The molecule has 0 bridgehead atoms. The fraction of sp³-hybridized carbons (Fsp3) is 0.571. The maximum Gasteiger partial charge on any atom is 0.340 e. The number of aromatic amines is 2. The van der Waals surface area contributed by atoms with Gasteiger partial charge in [-0.15, -0.1) is 0 Å². The quantitative estimate of drug-likeness (QED) is 0.467. The Morgan fingerprint density at radius 2 is 2.23 bits per heavy atom. The summed E-state index contributed by atoms with van der Waals surface area (Å²) in [4.78, 5) is 24.4. The van der Waals surface area contributed by atoms with E-state index >= 15 is 0 Å². The van der Waals surface area contributed by atoms with Crippen molar-refractivity contribution in [3.05, 3.63) is 28.6 Å². The molecule has 0 aliphatic carbocycles. The van der Waals surface area contributed by atoms with Gasteiger partial charge in [0.25, 0.3) is 0 Å². The zero-order valence-electron chi connectivity index (χ0n) is 14.0. The van der Waals surface area contributed by atoms with Gasteiger partial charge in [-0.3, -0.25) is 4.98 Å². The Morgan fingerprint density at radius 1 is 1.35 bits per heavy atom. The molecule has 4 N–H and O–H groups in total. The van der Waals surface area contributed by atoms with E-state index in [1.807, 2.05) is 4.90 Å². The lowest BCUT2D eigenvalue weighted by atomic mass is 10.1. The predicted octanol–water partition coefficient (Wildman–Crippen LogP) is -1.88. The van der Waals surface area contributed by atoms with Gasteiger partial charge in [-0.25, -0.2) is 23.3 Å². The lowest BCUT2D eigenvalue weighted by molar-refractivity contribution is 0.423. The van der Waals surface area contributed by atoms with Crippen LogP contribution in [0.3, 0.4) is 0 Å². The highest BCUT2D eigenvalue weighted by Crippen LogP contribution is 2.25. The van der Waals surface area contributed by atoms with Gasteiger partial charge in [0.1, 0.15) is 11.6 Å². The zero-order valence-corrected chi connectivity index (χ0v) is 14.8. The molecular formula is C14H20N8O3S. The maximum absolute atomic E-state index is 12.0. The van der Waals surface area contributed by atoms with E-state index in [1.165, 1.54) is 0 Å². The van der Waals surface area contributed by atoms with Gasteiger partial charge in [-0.1, -0.05) is 0 Å². The first-order valence-electron chi connectivity index (χ1n) is 8.41. The third kappa shape index (κ3) is 3.55. The number of nitrogens with zero attached hydrogens (tertiary/aromatic N) is 4. The van der Waals surface area contributed by atoms with Crippen molar-refractivity contribution in [2.24, 2.45) is 0 Å². The molecule has 2 fully saturated rings. The second kappa shape index (κ2) is 6.68. The number of aromatic nitrogens is 5. The molecular weight excluding hydrogens is 360 g/mol. The molecule has 4 rings (SSSR count). The minimum atomic E-state index is -3.02. The summed E-state index contributed by atoms with van der Waals surface area (Å²) >= 11 is 0. The zero-order chi connectivity index (χ0) is 18.1. The van der Waals surface area contributed by atoms with Crippen LogP contribution in [0.5, 0.6) is 0 Å². The first kappa shape index (κ1) is 17.0. The van der Waals surface area contributed by atoms with Crippen molar-refractivity contribution >= 4 is 21.6 Å². The summed E-state index contributed by atoms with van der Waals surface area (Å²) in [5, 5.41) is 12.5. The van der Waals surface area contributed by atoms with Crippen molar-refractivity contribution in [2.45, 2.75) is 18.5 Å². The summed E-state index contributed by atoms with van der Waals surface area (Å²) in [6, 6.07) is 1.63. The van der Waals surface area contributed by atoms with Crippen molar-refractivity contribution < 1.29 is 8.42 Å². The van der Waals surface area contributed by atoms with E-state index in [-0.39, 0.29) is 29.3 Å². The van der Waals surface area contributed by atoms with E-state index in [0.29, 0.717) is 37.1 Å². The number of piperazine rings is 1. The highest BCUT2D eigenvalue weighted by atomic mass is 32.2. The highest BCUT2D eigenvalue weighted by molar-refractivity contribution is 7.91. The van der Waals surface area contributed by atoms with Crippen LogP contribution in [0.2, 0.25) is 0 Å². The lowest BCUT2D eigenvalue weighted by Crippen LogP contribution is -2.57. The molecule has 0 saturated carbocycles. The number of sulfone groups is 1. The molecule has 12 heteroatoms. The van der Waals surface area contributed by atoms with Crippen LogP contribution in [0.25, 0.3) is 0 Å². The van der Waals surface area contributed by atoms with Gasteiger partial charge in [-0.05, 0) is 6.07 Å². The molecule has 2 aliphatic rings. The maximum atomic E-state index is 12.0. The number of rotatable bonds is 5. The van der Waals surface area contributed by atoms with Gasteiger partial charge >= 0.3 is 5.69 Å². The Bertz CT molecular complexity index is 939. The molecule has 0 radical (unpaired) electrons. The smallest absolute Gasteiger partial charge is 0.340 e. The first-order chi connectivity index (χ1) is 12.5. The van der Waals surface area contributed by atoms with Crippen LogP contribution < -0.4 is 21.2 Å². The minimum absolute atomic E-state index is 0.0587. The molecule has 26 heavy (non-hydrogen) atoms. The SMILES string of the molecule is O=c1[nH]nc(CCNc2nccc(N3CCN[C@@H]4CS(=O)(=O)C[C@@H]43)n2)[nH]1. The van der Waals surface area contributed by atoms with Crippen molar-refractivity contribution in [2.75, 3.05) is 41.4 Å². The van der Waals surface area contributed by atoms with E-state index < -0.39 is 9.84 Å². The lowest BCUT2D eigenvalue weighted by Gasteiger charge is -2.38. The Morgan fingerprint density at radius 3 is 3.04 bits per heavy atom. The fourth-order valence-corrected chi connectivity index (χ4v) is 5.42. The van der Waals surface area contributed by atoms with Crippen LogP contribution in [0.4, 0.5) is 11.8 Å². The first-order valence-corrected chi connectivity index (χ1v) is 10.2. The van der Waals surface area contributed by atoms with Crippen molar-refractivity contribution in [1.29, 1.82) is 0 Å². The molecule has 0 spiro atoms. The van der Waals surface area contributed by atoms with E-state index in [2.05, 4.69) is 35.8 Å². The van der Waals surface area contributed by atoms with E-state index in [4.69, 9.17) is 0 Å². The van der Waals surface area contributed by atoms with Crippen LogP contribution >= 0.6 is 0 Å². The fourth-order valence-electron chi connectivity index (χ4n) is 3.46. The van der Waals surface area contributed by atoms with Crippen LogP contribution in [0, 0.1) is 0 Å². The number of nitrogens with one attached hydrogen (secondary N) is 4. The summed E-state index contributed by atoms with van der Waals surface area (Å²) in [5.74, 6) is 2.04. The molecule has 4 heterocycles. The normalized spacial score (nSPS) is 24.4. The van der Waals surface area contributed by atoms with Gasteiger partial charge < -0.3 is 15.5 Å². The predicted molar refractivity (Wildman–Crippen MR) is 95.0 cm³/mol. The van der Waals surface area contributed by atoms with Gasteiger partial charge in [0.15, 0.2) is 9.84 Å². The molecule has 2 atom stereocenters. The second-order valence-corrected chi connectivity index (χ2v) is 8.59. The Hall–Kier alpha value is -2.47. The molecule has 0 amide bonds. The molecule has 0 unspecified atom stereocenters. The third-order valence-electron chi connectivity index (χ3n) is 4.61. The summed E-state index contributed by atoms with van der Waals surface area (Å²) in [7, 11) is -3.02. The summed E-state index contributed by atoms with van der Waals surface area (Å²) < 4.78 is 23.9. The van der Waals surface area contributed by atoms with Crippen LogP contribution in [-0.4, -0.2) is 76.8 Å². The molecule has 2 aromatic rings. The summed E-state index contributed by atoms with van der Waals surface area (Å²) in [6.07, 6.45) is 2.17. The second-order valence-electron chi connectivity index (χ2n) is 6.44. The topological polar surface area (TPSA) is 149 Å². The van der Waals surface area contributed by atoms with Gasteiger partial charge in [0.05, 0.1) is 17.5 Å². The minimum Gasteiger partial charge on any atom is -0.354 e. The third-order valence-corrected chi connectivity index (χ3v) is 6.33. The Kier molecular flexibility index (Phi) is 4.36.